The van der Waals surface area contributed by atoms with Gasteiger partial charge in [0.15, 0.2) is 0 Å². The zero-order valence-corrected chi connectivity index (χ0v) is 14.9. The van der Waals surface area contributed by atoms with E-state index in [1.165, 1.54) is 17.3 Å². The van der Waals surface area contributed by atoms with E-state index in [-0.39, 0.29) is 5.91 Å². The van der Waals surface area contributed by atoms with E-state index in [4.69, 9.17) is 0 Å². The summed E-state index contributed by atoms with van der Waals surface area (Å²) >= 11 is 0. The van der Waals surface area contributed by atoms with Crippen LogP contribution in [0.15, 0.2) is 49.1 Å². The molecule has 5 nitrogen and oxygen atoms in total. The lowest BCUT2D eigenvalue weighted by atomic mass is 9.87. The molecule has 3 aromatic rings. The van der Waals surface area contributed by atoms with Gasteiger partial charge in [-0.3, -0.25) is 9.78 Å². The van der Waals surface area contributed by atoms with Gasteiger partial charge in [-0.05, 0) is 42.9 Å². The first kappa shape index (κ1) is 16.6. The van der Waals surface area contributed by atoms with Crippen LogP contribution in [0, 0.1) is 0 Å². The Kier molecular flexibility index (Phi) is 4.61. The highest BCUT2D eigenvalue weighted by Crippen LogP contribution is 2.32. The lowest BCUT2D eigenvalue weighted by molar-refractivity contribution is 0.0711. The molecule has 0 spiro atoms. The molecule has 1 fully saturated rings. The summed E-state index contributed by atoms with van der Waals surface area (Å²) in [6.07, 6.45) is 7.73. The van der Waals surface area contributed by atoms with Crippen LogP contribution < -0.4 is 0 Å². The molecule has 1 aliphatic heterocycles. The van der Waals surface area contributed by atoms with E-state index in [2.05, 4.69) is 39.2 Å². The largest absolute Gasteiger partial charge is 0.338 e. The van der Waals surface area contributed by atoms with Crippen molar-refractivity contribution in [3.05, 3.63) is 65.9 Å². The van der Waals surface area contributed by atoms with E-state index in [9.17, 15) is 4.79 Å². The zero-order chi connectivity index (χ0) is 17.9. The van der Waals surface area contributed by atoms with Crippen LogP contribution >= 0.6 is 0 Å². The van der Waals surface area contributed by atoms with Crippen molar-refractivity contribution < 1.29 is 4.79 Å². The summed E-state index contributed by atoms with van der Waals surface area (Å²) in [6, 6.07) is 10.4. The van der Waals surface area contributed by atoms with Crippen molar-refractivity contribution in [1.82, 2.24) is 19.9 Å². The van der Waals surface area contributed by atoms with E-state index in [1.54, 1.807) is 6.20 Å². The quantitative estimate of drug-likeness (QED) is 0.727. The van der Waals surface area contributed by atoms with Crippen LogP contribution in [-0.4, -0.2) is 38.8 Å². The van der Waals surface area contributed by atoms with E-state index in [0.29, 0.717) is 11.5 Å². The maximum absolute atomic E-state index is 12.9. The van der Waals surface area contributed by atoms with Gasteiger partial charge in [-0.2, -0.15) is 0 Å². The Hall–Kier alpha value is -2.82. The second kappa shape index (κ2) is 7.20. The zero-order valence-electron chi connectivity index (χ0n) is 14.9. The number of hydrogen-bond acceptors (Lipinski definition) is 4. The molecule has 5 heteroatoms. The number of rotatable bonds is 3. The number of carbonyl (C=O) groups is 1. The molecule has 1 saturated heterocycles. The molecule has 0 unspecified atom stereocenters. The molecule has 0 saturated carbocycles. The molecule has 0 radical (unpaired) electrons. The first-order chi connectivity index (χ1) is 12.8. The van der Waals surface area contributed by atoms with Crippen LogP contribution in [-0.2, 0) is 6.42 Å². The van der Waals surface area contributed by atoms with Gasteiger partial charge in [0.1, 0.15) is 6.33 Å². The SMILES string of the molecule is CCc1ncncc1C(=O)N1CCC(c2ccnc3ccccc23)CC1. The topological polar surface area (TPSA) is 59.0 Å². The van der Waals surface area contributed by atoms with Crippen LogP contribution in [0.25, 0.3) is 10.9 Å². The van der Waals surface area contributed by atoms with Gasteiger partial charge in [0, 0.05) is 30.9 Å². The minimum atomic E-state index is 0.0560. The Morgan fingerprint density at radius 2 is 1.96 bits per heavy atom. The molecule has 2 aromatic heterocycles. The second-order valence-corrected chi connectivity index (χ2v) is 6.72. The average Bonchev–Trinajstić information content (AvgIpc) is 2.73. The van der Waals surface area contributed by atoms with Crippen molar-refractivity contribution in [2.75, 3.05) is 13.1 Å². The summed E-state index contributed by atoms with van der Waals surface area (Å²) in [5, 5.41) is 1.23. The number of likely N-dealkylation sites (tertiary alicyclic amines) is 1. The first-order valence-corrected chi connectivity index (χ1v) is 9.19. The van der Waals surface area contributed by atoms with Crippen molar-refractivity contribution in [2.45, 2.75) is 32.1 Å². The molecule has 0 N–H and O–H groups in total. The standard InChI is InChI=1S/C21H22N4O/c1-2-19-18(13-22-14-24-19)21(26)25-11-8-15(9-12-25)16-7-10-23-20-6-4-3-5-17(16)20/h3-7,10,13-15H,2,8-9,11-12H2,1H3. The van der Waals surface area contributed by atoms with Gasteiger partial charge in [0.2, 0.25) is 0 Å². The maximum Gasteiger partial charge on any atom is 0.257 e. The Balaban J connectivity index is 1.51. The van der Waals surface area contributed by atoms with E-state index in [0.717, 1.165) is 43.6 Å². The van der Waals surface area contributed by atoms with E-state index >= 15 is 0 Å². The van der Waals surface area contributed by atoms with Crippen molar-refractivity contribution in [2.24, 2.45) is 0 Å². The lowest BCUT2D eigenvalue weighted by Crippen LogP contribution is -2.38. The summed E-state index contributed by atoms with van der Waals surface area (Å²) < 4.78 is 0. The first-order valence-electron chi connectivity index (χ1n) is 9.19. The lowest BCUT2D eigenvalue weighted by Gasteiger charge is -2.33. The van der Waals surface area contributed by atoms with Crippen molar-refractivity contribution >= 4 is 16.8 Å². The molecule has 4 rings (SSSR count). The third kappa shape index (κ3) is 3.05. The minimum Gasteiger partial charge on any atom is -0.338 e. The van der Waals surface area contributed by atoms with Gasteiger partial charge in [0.25, 0.3) is 5.91 Å². The third-order valence-corrected chi connectivity index (χ3v) is 5.26. The number of carbonyl (C=O) groups excluding carboxylic acids is 1. The summed E-state index contributed by atoms with van der Waals surface area (Å²) in [4.78, 5) is 27.6. The van der Waals surface area contributed by atoms with Crippen molar-refractivity contribution in [3.63, 3.8) is 0 Å². The molecular formula is C21H22N4O. The van der Waals surface area contributed by atoms with Crippen molar-refractivity contribution in [1.29, 1.82) is 0 Å². The van der Waals surface area contributed by atoms with Crippen LogP contribution in [0.5, 0.6) is 0 Å². The van der Waals surface area contributed by atoms with Crippen LogP contribution in [0.1, 0.15) is 47.3 Å². The molecule has 132 valence electrons. The van der Waals surface area contributed by atoms with Gasteiger partial charge < -0.3 is 4.90 Å². The van der Waals surface area contributed by atoms with E-state index in [1.807, 2.05) is 24.1 Å². The third-order valence-electron chi connectivity index (χ3n) is 5.26. The Morgan fingerprint density at radius 1 is 1.15 bits per heavy atom. The van der Waals surface area contributed by atoms with Gasteiger partial charge in [-0.15, -0.1) is 0 Å². The number of fused-ring (bicyclic) bond motifs is 1. The van der Waals surface area contributed by atoms with Gasteiger partial charge >= 0.3 is 0 Å². The molecule has 1 aliphatic rings. The number of nitrogens with zero attached hydrogens (tertiary/aromatic N) is 4. The fourth-order valence-electron chi connectivity index (χ4n) is 3.85. The number of pyridine rings is 1. The minimum absolute atomic E-state index is 0.0560. The molecule has 26 heavy (non-hydrogen) atoms. The number of piperidine rings is 1. The predicted octanol–water partition coefficient (Wildman–Crippen LogP) is 3.61. The Morgan fingerprint density at radius 3 is 2.77 bits per heavy atom. The Bertz CT molecular complexity index is 927. The molecule has 3 heterocycles. The summed E-state index contributed by atoms with van der Waals surface area (Å²) in [5.41, 5.74) is 3.85. The van der Waals surface area contributed by atoms with Gasteiger partial charge in [-0.25, -0.2) is 9.97 Å². The van der Waals surface area contributed by atoms with Crippen molar-refractivity contribution in [3.8, 4) is 0 Å². The molecule has 1 aromatic carbocycles. The monoisotopic (exact) mass is 346 g/mol. The average molecular weight is 346 g/mol. The molecule has 1 amide bonds. The number of aromatic nitrogens is 3. The predicted molar refractivity (Wildman–Crippen MR) is 101 cm³/mol. The number of benzene rings is 1. The van der Waals surface area contributed by atoms with E-state index < -0.39 is 0 Å². The van der Waals surface area contributed by atoms with Crippen LogP contribution in [0.4, 0.5) is 0 Å². The highest BCUT2D eigenvalue weighted by molar-refractivity contribution is 5.95. The highest BCUT2D eigenvalue weighted by Gasteiger charge is 2.26. The normalized spacial score (nSPS) is 15.3. The van der Waals surface area contributed by atoms with Crippen LogP contribution in [0.3, 0.4) is 0 Å². The molecular weight excluding hydrogens is 324 g/mol. The molecule has 0 atom stereocenters. The fraction of sp³-hybridized carbons (Fsp3) is 0.333. The number of hydrogen-bond donors (Lipinski definition) is 0. The maximum atomic E-state index is 12.9. The molecule has 0 aliphatic carbocycles. The second-order valence-electron chi connectivity index (χ2n) is 6.72. The highest BCUT2D eigenvalue weighted by atomic mass is 16.2. The fourth-order valence-corrected chi connectivity index (χ4v) is 3.85. The smallest absolute Gasteiger partial charge is 0.257 e. The number of amides is 1. The number of aryl methyl sites for hydroxylation is 1. The Labute approximate surface area is 153 Å². The van der Waals surface area contributed by atoms with Gasteiger partial charge in [-0.1, -0.05) is 25.1 Å². The number of para-hydroxylation sites is 1. The molecule has 0 bridgehead atoms. The van der Waals surface area contributed by atoms with Gasteiger partial charge in [0.05, 0.1) is 16.8 Å². The summed E-state index contributed by atoms with van der Waals surface area (Å²) in [7, 11) is 0. The van der Waals surface area contributed by atoms with Crippen LogP contribution in [0.2, 0.25) is 0 Å². The summed E-state index contributed by atoms with van der Waals surface area (Å²) in [6.45, 7) is 3.54. The summed E-state index contributed by atoms with van der Waals surface area (Å²) in [5.74, 6) is 0.519.